The van der Waals surface area contributed by atoms with E-state index in [0.717, 1.165) is 0 Å². The molecule has 0 saturated heterocycles. The van der Waals surface area contributed by atoms with Crippen LogP contribution in [0.2, 0.25) is 8.87 Å². The first kappa shape index (κ1) is 20.2. The van der Waals surface area contributed by atoms with Crippen molar-refractivity contribution in [3.8, 4) is 0 Å². The standard InChI is InChI=1S/2C10H13.C6H5.Sn/c2*1-10(2,3)9-7-5-4-6-8-9;1-2-4-6-5-3-1;/h2*4-8H,1H2,2-3H3;1-5H;. The van der Waals surface area contributed by atoms with Gasteiger partial charge in [0.25, 0.3) is 0 Å². The predicted octanol–water partition coefficient (Wildman–Crippen LogP) is 6.34. The molecule has 0 heterocycles. The van der Waals surface area contributed by atoms with Gasteiger partial charge >= 0.3 is 173 Å². The molecule has 0 aliphatic rings. The molecule has 3 aromatic rings. The molecule has 1 heteroatoms. The van der Waals surface area contributed by atoms with Gasteiger partial charge in [0, 0.05) is 0 Å². The van der Waals surface area contributed by atoms with Gasteiger partial charge in [-0.25, -0.2) is 0 Å². The monoisotopic (exact) mass is 463 g/mol. The molecule has 0 unspecified atom stereocenters. The van der Waals surface area contributed by atoms with E-state index in [-0.39, 0.29) is 10.8 Å². The second-order valence-electron chi connectivity index (χ2n) is 8.82. The predicted molar refractivity (Wildman–Crippen MR) is 120 cm³/mol. The van der Waals surface area contributed by atoms with E-state index in [1.165, 1.54) is 20.0 Å². The van der Waals surface area contributed by atoms with E-state index in [1.807, 2.05) is 0 Å². The van der Waals surface area contributed by atoms with Gasteiger partial charge in [0.1, 0.15) is 0 Å². The first-order valence-corrected chi connectivity index (χ1v) is 15.4. The van der Waals surface area contributed by atoms with Crippen molar-refractivity contribution in [2.75, 3.05) is 0 Å². The van der Waals surface area contributed by atoms with Crippen LogP contribution in [0.3, 0.4) is 0 Å². The quantitative estimate of drug-likeness (QED) is 0.360. The van der Waals surface area contributed by atoms with Crippen LogP contribution < -0.4 is 3.58 Å². The number of rotatable bonds is 7. The van der Waals surface area contributed by atoms with Gasteiger partial charge < -0.3 is 0 Å². The maximum atomic E-state index is 2.43. The Bertz CT molecular complexity index is 766. The van der Waals surface area contributed by atoms with Gasteiger partial charge in [-0.3, -0.25) is 0 Å². The molecule has 0 aromatic heterocycles. The van der Waals surface area contributed by atoms with Gasteiger partial charge in [-0.05, 0) is 0 Å². The van der Waals surface area contributed by atoms with Gasteiger partial charge in [0.2, 0.25) is 0 Å². The summed E-state index contributed by atoms with van der Waals surface area (Å²) in [5, 5.41) is 0. The summed E-state index contributed by atoms with van der Waals surface area (Å²) in [7, 11) is 0. The zero-order valence-corrected chi connectivity index (χ0v) is 19.9. The molecular formula is C26H31Sn. The third-order valence-corrected chi connectivity index (χ3v) is 16.4. The Hall–Kier alpha value is -1.54. The zero-order valence-electron chi connectivity index (χ0n) is 17.1. The van der Waals surface area contributed by atoms with Crippen LogP contribution in [0.4, 0.5) is 0 Å². The molecule has 3 rings (SSSR count). The second-order valence-corrected chi connectivity index (χ2v) is 15.9. The van der Waals surface area contributed by atoms with Crippen molar-refractivity contribution in [1.29, 1.82) is 0 Å². The summed E-state index contributed by atoms with van der Waals surface area (Å²) >= 11 is -1.89. The molecule has 0 bridgehead atoms. The summed E-state index contributed by atoms with van der Waals surface area (Å²) in [5.74, 6) is 0. The summed E-state index contributed by atoms with van der Waals surface area (Å²) in [4.78, 5) is 0. The molecule has 0 nitrogen and oxygen atoms in total. The van der Waals surface area contributed by atoms with Crippen LogP contribution in [0.5, 0.6) is 0 Å². The minimum absolute atomic E-state index is 0.221. The summed E-state index contributed by atoms with van der Waals surface area (Å²) in [6.45, 7) is 9.73. The maximum absolute atomic E-state index is 2.43. The van der Waals surface area contributed by atoms with E-state index in [4.69, 9.17) is 0 Å². The number of hydrogen-bond donors (Lipinski definition) is 0. The van der Waals surface area contributed by atoms with E-state index in [9.17, 15) is 0 Å². The molecular weight excluding hydrogens is 431 g/mol. The topological polar surface area (TPSA) is 0 Å². The van der Waals surface area contributed by atoms with Crippen LogP contribution in [0, 0.1) is 0 Å². The van der Waals surface area contributed by atoms with E-state index in [1.54, 1.807) is 3.58 Å². The third kappa shape index (κ3) is 5.25. The van der Waals surface area contributed by atoms with Crippen LogP contribution in [-0.2, 0) is 10.8 Å². The van der Waals surface area contributed by atoms with Crippen molar-refractivity contribution in [3.63, 3.8) is 0 Å². The van der Waals surface area contributed by atoms with Crippen molar-refractivity contribution >= 4 is 23.3 Å². The Morgan fingerprint density at radius 3 is 1.22 bits per heavy atom. The van der Waals surface area contributed by atoms with Gasteiger partial charge in [-0.15, -0.1) is 0 Å². The molecule has 27 heavy (non-hydrogen) atoms. The van der Waals surface area contributed by atoms with Crippen molar-refractivity contribution in [3.05, 3.63) is 102 Å². The van der Waals surface area contributed by atoms with E-state index >= 15 is 0 Å². The van der Waals surface area contributed by atoms with Crippen LogP contribution in [0.25, 0.3) is 0 Å². The van der Waals surface area contributed by atoms with Gasteiger partial charge in [0.05, 0.1) is 0 Å². The Labute approximate surface area is 172 Å². The summed E-state index contributed by atoms with van der Waals surface area (Å²) in [6.07, 6.45) is 0. The Morgan fingerprint density at radius 1 is 0.519 bits per heavy atom. The normalized spacial score (nSPS) is 12.3. The van der Waals surface area contributed by atoms with Crippen molar-refractivity contribution < 1.29 is 0 Å². The third-order valence-electron chi connectivity index (χ3n) is 5.60. The van der Waals surface area contributed by atoms with Crippen LogP contribution in [-0.4, -0.2) is 19.8 Å². The molecule has 139 valence electrons. The first-order valence-electron chi connectivity index (χ1n) is 9.90. The molecule has 0 spiro atoms. The molecule has 0 aliphatic carbocycles. The fraction of sp³-hybridized carbons (Fsp3) is 0.308. The average Bonchev–Trinajstić information content (AvgIpc) is 2.69. The average molecular weight is 462 g/mol. The molecule has 0 fully saturated rings. The van der Waals surface area contributed by atoms with Crippen LogP contribution in [0.15, 0.2) is 91.0 Å². The SMILES string of the molecule is CC(C)([CH2][Sn]([CH2]C(C)(C)c1ccccc1)[c]1ccccc1)c1ccccc1. The molecule has 1 radical (unpaired) electrons. The zero-order chi connectivity index (χ0) is 19.3. The van der Waals surface area contributed by atoms with Gasteiger partial charge in [-0.1, -0.05) is 0 Å². The summed E-state index contributed by atoms with van der Waals surface area (Å²) in [6, 6.07) is 33.5. The molecule has 0 saturated carbocycles. The summed E-state index contributed by atoms with van der Waals surface area (Å²) in [5.41, 5.74) is 3.38. The van der Waals surface area contributed by atoms with Crippen LogP contribution >= 0.6 is 0 Å². The molecule has 0 N–H and O–H groups in total. The first-order chi connectivity index (χ1) is 12.9. The van der Waals surface area contributed by atoms with Gasteiger partial charge in [0.15, 0.2) is 0 Å². The number of benzene rings is 3. The van der Waals surface area contributed by atoms with Crippen molar-refractivity contribution in [2.24, 2.45) is 0 Å². The van der Waals surface area contributed by atoms with E-state index < -0.39 is 19.8 Å². The Balaban J connectivity index is 1.90. The second kappa shape index (κ2) is 8.64. The molecule has 0 aliphatic heterocycles. The fourth-order valence-corrected chi connectivity index (χ4v) is 14.7. The fourth-order valence-electron chi connectivity index (χ4n) is 3.99. The Morgan fingerprint density at radius 2 is 0.852 bits per heavy atom. The van der Waals surface area contributed by atoms with Crippen molar-refractivity contribution in [1.82, 2.24) is 0 Å². The Kier molecular flexibility index (Phi) is 6.47. The minimum atomic E-state index is -1.89. The number of hydrogen-bond acceptors (Lipinski definition) is 0. The molecule has 0 amide bonds. The molecule has 3 aromatic carbocycles. The molecule has 0 atom stereocenters. The van der Waals surface area contributed by atoms with Crippen LogP contribution in [0.1, 0.15) is 38.8 Å². The van der Waals surface area contributed by atoms with E-state index in [2.05, 4.69) is 119 Å². The van der Waals surface area contributed by atoms with Crippen molar-refractivity contribution in [2.45, 2.75) is 47.4 Å². The van der Waals surface area contributed by atoms with E-state index in [0.29, 0.717) is 0 Å². The summed E-state index contributed by atoms with van der Waals surface area (Å²) < 4.78 is 4.31. The van der Waals surface area contributed by atoms with Gasteiger partial charge in [-0.2, -0.15) is 0 Å².